The fraction of sp³-hybridized carbons (Fsp3) is 0.548. The minimum atomic E-state index is -1.43. The van der Waals surface area contributed by atoms with Crippen molar-refractivity contribution in [3.63, 3.8) is 0 Å². The van der Waals surface area contributed by atoms with Crippen LogP contribution in [0, 0.1) is 5.82 Å². The van der Waals surface area contributed by atoms with Gasteiger partial charge in [0.1, 0.15) is 23.9 Å². The maximum absolute atomic E-state index is 13.4. The van der Waals surface area contributed by atoms with Gasteiger partial charge >= 0.3 is 0 Å². The van der Waals surface area contributed by atoms with Gasteiger partial charge in [-0.25, -0.2) is 9.37 Å². The summed E-state index contributed by atoms with van der Waals surface area (Å²) >= 11 is 0. The number of ether oxygens (including phenoxy) is 1. The Balaban J connectivity index is 1.36. The number of anilines is 1. The molecule has 1 aliphatic carbocycles. The Morgan fingerprint density at radius 2 is 1.88 bits per heavy atom. The molecule has 1 aromatic heterocycles. The first-order chi connectivity index (χ1) is 19.7. The Labute approximate surface area is 240 Å². The molecule has 2 aromatic rings. The summed E-state index contributed by atoms with van der Waals surface area (Å²) in [5.41, 5.74) is 0.682. The number of amides is 2. The first kappa shape index (κ1) is 29.1. The Kier molecular flexibility index (Phi) is 8.99. The van der Waals surface area contributed by atoms with E-state index in [1.807, 2.05) is 19.9 Å². The number of carbonyl (C=O) groups excluding carboxylic acids is 2. The number of amidine groups is 1. The highest BCUT2D eigenvalue weighted by molar-refractivity contribution is 6.12. The van der Waals surface area contributed by atoms with Crippen LogP contribution in [-0.4, -0.2) is 76.6 Å². The number of benzene rings is 1. The van der Waals surface area contributed by atoms with E-state index in [4.69, 9.17) is 4.74 Å². The number of nitrogens with zero attached hydrogens (tertiary/aromatic N) is 4. The van der Waals surface area contributed by atoms with Gasteiger partial charge in [-0.2, -0.15) is 4.99 Å². The summed E-state index contributed by atoms with van der Waals surface area (Å²) in [5, 5.41) is 13.9. The van der Waals surface area contributed by atoms with E-state index in [0.717, 1.165) is 30.9 Å². The molecule has 3 heterocycles. The summed E-state index contributed by atoms with van der Waals surface area (Å²) in [7, 11) is 0. The third kappa shape index (κ3) is 6.93. The van der Waals surface area contributed by atoms with Gasteiger partial charge < -0.3 is 20.1 Å². The monoisotopic (exact) mass is 565 g/mol. The number of rotatable bonds is 8. The Morgan fingerprint density at radius 3 is 2.56 bits per heavy atom. The van der Waals surface area contributed by atoms with E-state index in [-0.39, 0.29) is 18.0 Å². The van der Waals surface area contributed by atoms with Gasteiger partial charge in [0.15, 0.2) is 0 Å². The number of halogens is 1. The lowest BCUT2D eigenvalue weighted by Gasteiger charge is -2.40. The molecule has 0 unspecified atom stereocenters. The molecule has 1 saturated carbocycles. The van der Waals surface area contributed by atoms with E-state index in [1.54, 1.807) is 6.20 Å². The number of aliphatic imine (C=N–C) groups is 1. The van der Waals surface area contributed by atoms with Crippen LogP contribution in [0.25, 0.3) is 0 Å². The van der Waals surface area contributed by atoms with E-state index in [1.165, 1.54) is 43.5 Å². The smallest absolute Gasteiger partial charge is 0.278 e. The summed E-state index contributed by atoms with van der Waals surface area (Å²) in [5.74, 6) is -0.127. The summed E-state index contributed by atoms with van der Waals surface area (Å²) in [6.45, 7) is 7.32. The van der Waals surface area contributed by atoms with Crippen molar-refractivity contribution in [1.29, 1.82) is 0 Å². The normalized spacial score (nSPS) is 24.0. The van der Waals surface area contributed by atoms with Gasteiger partial charge in [0.05, 0.1) is 5.69 Å². The molecule has 10 heteroatoms. The maximum atomic E-state index is 13.4. The molecule has 2 fully saturated rings. The van der Waals surface area contributed by atoms with Crippen LogP contribution in [0.2, 0.25) is 0 Å². The van der Waals surface area contributed by atoms with Crippen LogP contribution in [0.5, 0.6) is 5.88 Å². The molecule has 0 spiro atoms. The predicted octanol–water partition coefficient (Wildman–Crippen LogP) is 3.89. The van der Waals surface area contributed by atoms with Crippen molar-refractivity contribution in [3.05, 3.63) is 53.5 Å². The minimum Gasteiger partial charge on any atom is -0.476 e. The van der Waals surface area contributed by atoms with Crippen molar-refractivity contribution in [2.24, 2.45) is 4.99 Å². The van der Waals surface area contributed by atoms with Gasteiger partial charge in [-0.3, -0.25) is 14.5 Å². The number of nitrogens with one attached hydrogen (secondary N) is 1. The number of carbonyl (C=O) groups is 2. The molecule has 0 radical (unpaired) electrons. The van der Waals surface area contributed by atoms with Crippen molar-refractivity contribution in [1.82, 2.24) is 15.2 Å². The molecule has 3 aliphatic rings. The second kappa shape index (κ2) is 12.7. The maximum Gasteiger partial charge on any atom is 0.278 e. The molecule has 2 N–H and O–H groups in total. The largest absolute Gasteiger partial charge is 0.476 e. The summed E-state index contributed by atoms with van der Waals surface area (Å²) in [6.07, 6.45) is 7.60. The van der Waals surface area contributed by atoms with E-state index in [0.29, 0.717) is 56.0 Å². The quantitative estimate of drug-likeness (QED) is 0.500. The number of piperidine rings is 1. The van der Waals surface area contributed by atoms with Crippen LogP contribution < -0.4 is 15.0 Å². The van der Waals surface area contributed by atoms with Crippen molar-refractivity contribution >= 4 is 23.3 Å². The fourth-order valence-electron chi connectivity index (χ4n) is 5.99. The fourth-order valence-corrected chi connectivity index (χ4v) is 5.99. The van der Waals surface area contributed by atoms with Crippen LogP contribution in [0.3, 0.4) is 0 Å². The van der Waals surface area contributed by atoms with Gasteiger partial charge in [-0.15, -0.1) is 0 Å². The molecule has 1 aromatic carbocycles. The number of aromatic nitrogens is 1. The lowest BCUT2D eigenvalue weighted by atomic mass is 9.80. The third-order valence-corrected chi connectivity index (χ3v) is 8.24. The average Bonchev–Trinajstić information content (AvgIpc) is 3.31. The predicted molar refractivity (Wildman–Crippen MR) is 155 cm³/mol. The van der Waals surface area contributed by atoms with Crippen LogP contribution in [-0.2, 0) is 11.2 Å². The highest BCUT2D eigenvalue weighted by atomic mass is 19.1. The lowest BCUT2D eigenvalue weighted by molar-refractivity contribution is -0.143. The van der Waals surface area contributed by atoms with Crippen molar-refractivity contribution in [2.75, 3.05) is 31.1 Å². The Morgan fingerprint density at radius 1 is 1.17 bits per heavy atom. The van der Waals surface area contributed by atoms with Crippen molar-refractivity contribution in [2.45, 2.75) is 82.9 Å². The average molecular weight is 566 g/mol. The topological polar surface area (TPSA) is 107 Å². The van der Waals surface area contributed by atoms with Crippen LogP contribution >= 0.6 is 0 Å². The van der Waals surface area contributed by atoms with E-state index < -0.39 is 17.3 Å². The molecular formula is C31H40FN5O4. The van der Waals surface area contributed by atoms with Crippen LogP contribution in [0.1, 0.15) is 74.7 Å². The summed E-state index contributed by atoms with van der Waals surface area (Å²) < 4.78 is 19.5. The first-order valence-electron chi connectivity index (χ1n) is 14.8. The standard InChI is InChI=1S/C31H40FN5O4/c1-21(2)34-30(39)31(40)12-10-25(11-13-31)37-26-19-28(41-17-16-36-14-4-3-5-15-36)33-20-23(26)18-27(37)35-29(38)22-6-8-24(32)9-7-22/h6-9,19-21,25,40H,3-5,10-18H2,1-2H3,(H,34,39). The highest BCUT2D eigenvalue weighted by Crippen LogP contribution is 2.39. The van der Waals surface area contributed by atoms with Gasteiger partial charge in [-0.05, 0) is 89.7 Å². The van der Waals surface area contributed by atoms with Gasteiger partial charge in [0, 0.05) is 48.4 Å². The first-order valence-corrected chi connectivity index (χ1v) is 14.8. The molecular weight excluding hydrogens is 525 g/mol. The van der Waals surface area contributed by atoms with E-state index >= 15 is 0 Å². The second-order valence-corrected chi connectivity index (χ2v) is 11.7. The molecule has 0 atom stereocenters. The molecule has 9 nitrogen and oxygen atoms in total. The molecule has 2 aliphatic heterocycles. The van der Waals surface area contributed by atoms with Gasteiger partial charge in [-0.1, -0.05) is 6.42 Å². The highest BCUT2D eigenvalue weighted by Gasteiger charge is 2.43. The summed E-state index contributed by atoms with van der Waals surface area (Å²) in [4.78, 5) is 39.2. The van der Waals surface area contributed by atoms with Crippen molar-refractivity contribution < 1.29 is 23.8 Å². The van der Waals surface area contributed by atoms with E-state index in [9.17, 15) is 19.1 Å². The van der Waals surface area contributed by atoms with E-state index in [2.05, 4.69) is 25.1 Å². The van der Waals surface area contributed by atoms with Crippen molar-refractivity contribution in [3.8, 4) is 5.88 Å². The molecule has 2 amide bonds. The minimum absolute atomic E-state index is 0.0632. The third-order valence-electron chi connectivity index (χ3n) is 8.24. The molecule has 220 valence electrons. The second-order valence-electron chi connectivity index (χ2n) is 11.7. The summed E-state index contributed by atoms with van der Waals surface area (Å²) in [6, 6.07) is 7.11. The zero-order chi connectivity index (χ0) is 29.0. The van der Waals surface area contributed by atoms with Crippen LogP contribution in [0.15, 0.2) is 41.5 Å². The number of hydrogen-bond acceptors (Lipinski definition) is 6. The number of aliphatic hydroxyl groups is 1. The number of hydrogen-bond donors (Lipinski definition) is 2. The SMILES string of the molecule is CC(C)NC(=O)C1(O)CCC(N2C(=NC(=O)c3ccc(F)cc3)Cc3cnc(OCCN4CCCCC4)cc32)CC1. The number of pyridine rings is 1. The van der Waals surface area contributed by atoms with Crippen LogP contribution in [0.4, 0.5) is 10.1 Å². The Bertz CT molecular complexity index is 1270. The zero-order valence-corrected chi connectivity index (χ0v) is 23.9. The molecule has 1 saturated heterocycles. The molecule has 41 heavy (non-hydrogen) atoms. The van der Waals surface area contributed by atoms with Gasteiger partial charge in [0.25, 0.3) is 11.8 Å². The molecule has 5 rings (SSSR count). The Hall–Kier alpha value is -3.37. The van der Waals surface area contributed by atoms with Gasteiger partial charge in [0.2, 0.25) is 5.88 Å². The number of fused-ring (bicyclic) bond motifs is 1. The number of likely N-dealkylation sites (tertiary alicyclic amines) is 1. The lowest BCUT2D eigenvalue weighted by Crippen LogP contribution is -2.53. The molecule has 0 bridgehead atoms. The zero-order valence-electron chi connectivity index (χ0n) is 23.9.